The summed E-state index contributed by atoms with van der Waals surface area (Å²) in [4.78, 5) is 16.7. The molecular weight excluding hydrogens is 450 g/mol. The minimum atomic E-state index is -0.640. The number of fused-ring (bicyclic) bond motifs is 1. The molecule has 0 aliphatic rings. The molecule has 0 radical (unpaired) electrons. The number of aliphatic hydroxyl groups is 1. The molecule has 0 saturated carbocycles. The number of imidazole rings is 1. The van der Waals surface area contributed by atoms with E-state index in [0.29, 0.717) is 16.8 Å². The molecule has 2 aromatic heterocycles. The monoisotopic (exact) mass is 468 g/mol. The SMILES string of the molecule is C[C@H](O)COCC(=O)c1ccc2cncn2c1Cc1ccc(I)cc1F. The third-order valence-electron chi connectivity index (χ3n) is 3.96. The van der Waals surface area contributed by atoms with Crippen molar-refractivity contribution in [2.24, 2.45) is 0 Å². The summed E-state index contributed by atoms with van der Waals surface area (Å²) < 4.78 is 22.2. The molecule has 26 heavy (non-hydrogen) atoms. The fraction of sp³-hybridized carbons (Fsp3) is 0.263. The van der Waals surface area contributed by atoms with Crippen LogP contribution in [0.15, 0.2) is 42.9 Å². The van der Waals surface area contributed by atoms with Crippen molar-refractivity contribution in [2.75, 3.05) is 13.2 Å². The predicted octanol–water partition coefficient (Wildman–Crippen LogP) is 3.25. The molecule has 0 saturated heterocycles. The number of hydrogen-bond acceptors (Lipinski definition) is 4. The van der Waals surface area contributed by atoms with Crippen LogP contribution in [0.4, 0.5) is 4.39 Å². The van der Waals surface area contributed by atoms with Crippen LogP contribution in [-0.4, -0.2) is 39.6 Å². The standard InChI is InChI=1S/C19H18FIN2O3/c1-12(24)9-26-10-19(25)16-5-4-15-8-22-11-23(15)18(16)6-13-2-3-14(21)7-17(13)20/h2-5,7-8,11-12,24H,6,9-10H2,1H3/t12-/m0/s1. The van der Waals surface area contributed by atoms with Crippen LogP contribution in [0.2, 0.25) is 0 Å². The Morgan fingerprint density at radius 3 is 2.92 bits per heavy atom. The highest BCUT2D eigenvalue weighted by atomic mass is 127. The van der Waals surface area contributed by atoms with E-state index in [1.807, 2.05) is 6.07 Å². The summed E-state index contributed by atoms with van der Waals surface area (Å²) in [7, 11) is 0. The first kappa shape index (κ1) is 18.9. The average Bonchev–Trinajstić information content (AvgIpc) is 3.06. The highest BCUT2D eigenvalue weighted by Crippen LogP contribution is 2.21. The third kappa shape index (κ3) is 4.28. The van der Waals surface area contributed by atoms with Gasteiger partial charge in [0.05, 0.1) is 30.8 Å². The normalized spacial score (nSPS) is 12.5. The number of ether oxygens (including phenoxy) is 1. The summed E-state index contributed by atoms with van der Waals surface area (Å²) >= 11 is 2.06. The van der Waals surface area contributed by atoms with Gasteiger partial charge in [-0.05, 0) is 59.3 Å². The van der Waals surface area contributed by atoms with Crippen LogP contribution in [0.1, 0.15) is 28.5 Å². The van der Waals surface area contributed by atoms with Crippen LogP contribution >= 0.6 is 22.6 Å². The zero-order chi connectivity index (χ0) is 18.7. The Labute approximate surface area is 164 Å². The van der Waals surface area contributed by atoms with Gasteiger partial charge in [-0.3, -0.25) is 4.79 Å². The molecule has 0 unspecified atom stereocenters. The molecule has 1 N–H and O–H groups in total. The first-order chi connectivity index (χ1) is 12.5. The first-order valence-corrected chi connectivity index (χ1v) is 9.20. The van der Waals surface area contributed by atoms with E-state index in [1.54, 1.807) is 42.0 Å². The van der Waals surface area contributed by atoms with Crippen molar-refractivity contribution < 1.29 is 19.0 Å². The number of aliphatic hydroxyl groups excluding tert-OH is 1. The summed E-state index contributed by atoms with van der Waals surface area (Å²) in [5.41, 5.74) is 2.45. The average molecular weight is 468 g/mol. The molecule has 2 heterocycles. The van der Waals surface area contributed by atoms with Gasteiger partial charge < -0.3 is 14.2 Å². The van der Waals surface area contributed by atoms with Crippen LogP contribution in [0.25, 0.3) is 5.52 Å². The lowest BCUT2D eigenvalue weighted by atomic mass is 10.0. The van der Waals surface area contributed by atoms with E-state index in [0.717, 1.165) is 9.09 Å². The molecule has 0 amide bonds. The predicted molar refractivity (Wildman–Crippen MR) is 104 cm³/mol. The molecular formula is C19H18FIN2O3. The smallest absolute Gasteiger partial charge is 0.190 e. The summed E-state index contributed by atoms with van der Waals surface area (Å²) in [6.45, 7) is 1.53. The maximum absolute atomic E-state index is 14.3. The maximum atomic E-state index is 14.3. The second kappa shape index (κ2) is 8.24. The number of benzene rings is 1. The Morgan fingerprint density at radius 1 is 1.38 bits per heavy atom. The number of hydrogen-bond donors (Lipinski definition) is 1. The third-order valence-corrected chi connectivity index (χ3v) is 4.63. The Bertz CT molecular complexity index is 940. The Morgan fingerprint density at radius 2 is 2.19 bits per heavy atom. The fourth-order valence-electron chi connectivity index (χ4n) is 2.73. The largest absolute Gasteiger partial charge is 0.391 e. The van der Waals surface area contributed by atoms with Crippen LogP contribution in [-0.2, 0) is 11.2 Å². The highest BCUT2D eigenvalue weighted by Gasteiger charge is 2.17. The summed E-state index contributed by atoms with van der Waals surface area (Å²) in [5.74, 6) is -0.528. The second-order valence-corrected chi connectivity index (χ2v) is 7.33. The Hall–Kier alpha value is -1.84. The molecule has 5 nitrogen and oxygen atoms in total. The zero-order valence-corrected chi connectivity index (χ0v) is 16.3. The molecule has 0 bridgehead atoms. The van der Waals surface area contributed by atoms with Crippen molar-refractivity contribution in [3.8, 4) is 0 Å². The molecule has 1 atom stereocenters. The zero-order valence-electron chi connectivity index (χ0n) is 14.2. The van der Waals surface area contributed by atoms with Gasteiger partial charge in [-0.2, -0.15) is 0 Å². The number of Topliss-reactive ketones (excluding diaryl/α,β-unsaturated/α-hetero) is 1. The summed E-state index contributed by atoms with van der Waals surface area (Å²) in [5, 5.41) is 9.26. The molecule has 0 spiro atoms. The van der Waals surface area contributed by atoms with Crippen LogP contribution in [0.5, 0.6) is 0 Å². The Balaban J connectivity index is 1.96. The van der Waals surface area contributed by atoms with Gasteiger partial charge in [0.1, 0.15) is 12.4 Å². The summed E-state index contributed by atoms with van der Waals surface area (Å²) in [6, 6.07) is 8.54. The van der Waals surface area contributed by atoms with Crippen LogP contribution in [0.3, 0.4) is 0 Å². The van der Waals surface area contributed by atoms with Crippen molar-refractivity contribution in [3.05, 3.63) is 69.1 Å². The van der Waals surface area contributed by atoms with Crippen LogP contribution < -0.4 is 0 Å². The van der Waals surface area contributed by atoms with E-state index in [-0.39, 0.29) is 31.2 Å². The van der Waals surface area contributed by atoms with Crippen molar-refractivity contribution in [1.82, 2.24) is 9.38 Å². The van der Waals surface area contributed by atoms with Gasteiger partial charge in [0.25, 0.3) is 0 Å². The first-order valence-electron chi connectivity index (χ1n) is 8.12. The molecule has 0 aliphatic heterocycles. The van der Waals surface area contributed by atoms with E-state index < -0.39 is 6.10 Å². The van der Waals surface area contributed by atoms with Crippen molar-refractivity contribution in [2.45, 2.75) is 19.4 Å². The van der Waals surface area contributed by atoms with Gasteiger partial charge in [-0.15, -0.1) is 0 Å². The second-order valence-electron chi connectivity index (χ2n) is 6.08. The van der Waals surface area contributed by atoms with Crippen molar-refractivity contribution in [3.63, 3.8) is 0 Å². The van der Waals surface area contributed by atoms with Gasteiger partial charge in [0.15, 0.2) is 5.78 Å². The van der Waals surface area contributed by atoms with E-state index >= 15 is 0 Å². The number of carbonyl (C=O) groups is 1. The molecule has 1 aromatic carbocycles. The molecule has 3 rings (SSSR count). The van der Waals surface area contributed by atoms with Crippen molar-refractivity contribution in [1.29, 1.82) is 0 Å². The lowest BCUT2D eigenvalue weighted by Gasteiger charge is -2.13. The Kier molecular flexibility index (Phi) is 6.00. The number of rotatable bonds is 7. The number of carbonyl (C=O) groups excluding carboxylic acids is 1. The minimum Gasteiger partial charge on any atom is -0.391 e. The van der Waals surface area contributed by atoms with E-state index in [9.17, 15) is 14.3 Å². The summed E-state index contributed by atoms with van der Waals surface area (Å²) in [6.07, 6.45) is 2.92. The fourth-order valence-corrected chi connectivity index (χ4v) is 3.18. The molecule has 7 heteroatoms. The van der Waals surface area contributed by atoms with E-state index in [2.05, 4.69) is 27.6 Å². The lowest BCUT2D eigenvalue weighted by Crippen LogP contribution is -2.18. The van der Waals surface area contributed by atoms with E-state index in [1.165, 1.54) is 6.07 Å². The van der Waals surface area contributed by atoms with Gasteiger partial charge in [-0.25, -0.2) is 9.37 Å². The van der Waals surface area contributed by atoms with Gasteiger partial charge in [0.2, 0.25) is 0 Å². The molecule has 0 aliphatic carbocycles. The van der Waals surface area contributed by atoms with E-state index in [4.69, 9.17) is 4.74 Å². The topological polar surface area (TPSA) is 63.8 Å². The van der Waals surface area contributed by atoms with Crippen molar-refractivity contribution >= 4 is 33.9 Å². The number of nitrogens with zero attached hydrogens (tertiary/aromatic N) is 2. The molecule has 3 aromatic rings. The number of pyridine rings is 1. The van der Waals surface area contributed by atoms with Gasteiger partial charge >= 0.3 is 0 Å². The maximum Gasteiger partial charge on any atom is 0.190 e. The lowest BCUT2D eigenvalue weighted by molar-refractivity contribution is 0.0424. The van der Waals surface area contributed by atoms with Gasteiger partial charge in [0, 0.05) is 21.2 Å². The molecule has 0 fully saturated rings. The number of ketones is 1. The highest BCUT2D eigenvalue weighted by molar-refractivity contribution is 14.1. The number of halogens is 2. The quantitative estimate of drug-likeness (QED) is 0.427. The van der Waals surface area contributed by atoms with Crippen LogP contribution in [0, 0.1) is 9.39 Å². The number of aromatic nitrogens is 2. The minimum absolute atomic E-state index is 0.0835. The van der Waals surface area contributed by atoms with Gasteiger partial charge in [-0.1, -0.05) is 6.07 Å². The molecule has 136 valence electrons.